The van der Waals surface area contributed by atoms with Gasteiger partial charge in [-0.05, 0) is 34.9 Å². The number of nitrogens with zero attached hydrogens (tertiary/aromatic N) is 2. The highest BCUT2D eigenvalue weighted by atomic mass is 79.9. The van der Waals surface area contributed by atoms with Crippen LogP contribution >= 0.6 is 27.3 Å². The molecular weight excluding hydrogens is 428 g/mol. The van der Waals surface area contributed by atoms with Gasteiger partial charge in [-0.25, -0.2) is 4.98 Å². The van der Waals surface area contributed by atoms with E-state index in [-0.39, 0.29) is 0 Å². The average molecular weight is 443 g/mol. The van der Waals surface area contributed by atoms with Crippen molar-refractivity contribution in [3.63, 3.8) is 0 Å². The normalized spacial score (nSPS) is 11.2. The Balaban J connectivity index is 1.60. The summed E-state index contributed by atoms with van der Waals surface area (Å²) < 4.78 is 1.01. The Bertz CT molecular complexity index is 1150. The van der Waals surface area contributed by atoms with Gasteiger partial charge in [0.1, 0.15) is 11.1 Å². The summed E-state index contributed by atoms with van der Waals surface area (Å²) in [5, 5.41) is 12.3. The van der Waals surface area contributed by atoms with Crippen LogP contribution in [0.25, 0.3) is 34.0 Å². The van der Waals surface area contributed by atoms with Crippen LogP contribution in [0.2, 0.25) is 0 Å². The number of halogens is 1. The highest BCUT2D eigenvalue weighted by Gasteiger charge is 2.09. The Morgan fingerprint density at radius 3 is 2.18 bits per heavy atom. The molecular formula is C24H15BrN2S. The van der Waals surface area contributed by atoms with E-state index < -0.39 is 0 Å². The second-order valence-electron chi connectivity index (χ2n) is 6.20. The summed E-state index contributed by atoms with van der Waals surface area (Å²) in [7, 11) is 0. The van der Waals surface area contributed by atoms with Gasteiger partial charge < -0.3 is 0 Å². The van der Waals surface area contributed by atoms with Gasteiger partial charge >= 0.3 is 0 Å². The van der Waals surface area contributed by atoms with Crippen LogP contribution in [0, 0.1) is 11.3 Å². The number of hydrogen-bond acceptors (Lipinski definition) is 3. The zero-order valence-corrected chi connectivity index (χ0v) is 17.2. The highest BCUT2D eigenvalue weighted by molar-refractivity contribution is 9.10. The van der Waals surface area contributed by atoms with Crippen molar-refractivity contribution in [2.75, 3.05) is 0 Å². The molecule has 0 radical (unpaired) electrons. The monoisotopic (exact) mass is 442 g/mol. The van der Waals surface area contributed by atoms with Crippen LogP contribution < -0.4 is 0 Å². The van der Waals surface area contributed by atoms with Crippen LogP contribution in [0.5, 0.6) is 0 Å². The van der Waals surface area contributed by atoms with Crippen LogP contribution in [-0.4, -0.2) is 4.98 Å². The van der Waals surface area contributed by atoms with E-state index in [1.165, 1.54) is 22.5 Å². The molecule has 3 aromatic carbocycles. The van der Waals surface area contributed by atoms with E-state index in [0.29, 0.717) is 5.57 Å². The third-order valence-electron chi connectivity index (χ3n) is 4.32. The molecule has 0 aliphatic carbocycles. The van der Waals surface area contributed by atoms with Crippen LogP contribution in [0.3, 0.4) is 0 Å². The third kappa shape index (κ3) is 4.12. The van der Waals surface area contributed by atoms with Gasteiger partial charge in [-0.3, -0.25) is 0 Å². The number of aromatic nitrogens is 1. The van der Waals surface area contributed by atoms with Gasteiger partial charge in [0.15, 0.2) is 0 Å². The van der Waals surface area contributed by atoms with E-state index in [0.717, 1.165) is 26.3 Å². The summed E-state index contributed by atoms with van der Waals surface area (Å²) in [4.78, 5) is 4.69. The van der Waals surface area contributed by atoms with Crippen LogP contribution in [-0.2, 0) is 0 Å². The first-order valence-electron chi connectivity index (χ1n) is 8.72. The van der Waals surface area contributed by atoms with E-state index in [2.05, 4.69) is 63.4 Å². The van der Waals surface area contributed by atoms with Crippen molar-refractivity contribution in [1.29, 1.82) is 5.26 Å². The smallest absolute Gasteiger partial charge is 0.134 e. The van der Waals surface area contributed by atoms with E-state index in [9.17, 15) is 5.26 Å². The Labute approximate surface area is 176 Å². The number of allylic oxidation sites excluding steroid dienone is 1. The highest BCUT2D eigenvalue weighted by Crippen LogP contribution is 2.29. The molecule has 4 aromatic rings. The van der Waals surface area contributed by atoms with E-state index in [1.807, 2.05) is 53.9 Å². The molecule has 1 heterocycles. The Kier molecular flexibility index (Phi) is 5.48. The van der Waals surface area contributed by atoms with Gasteiger partial charge in [-0.1, -0.05) is 82.7 Å². The fourth-order valence-corrected chi connectivity index (χ4v) is 3.92. The number of nitriles is 1. The largest absolute Gasteiger partial charge is 0.235 e. The summed E-state index contributed by atoms with van der Waals surface area (Å²) in [6.45, 7) is 0. The summed E-state index contributed by atoms with van der Waals surface area (Å²) in [5.41, 5.74) is 5.84. The summed E-state index contributed by atoms with van der Waals surface area (Å²) in [5.74, 6) is 0. The van der Waals surface area contributed by atoms with Crippen LogP contribution in [0.15, 0.2) is 88.7 Å². The molecule has 0 fully saturated rings. The lowest BCUT2D eigenvalue weighted by atomic mass is 10.0. The zero-order valence-electron chi connectivity index (χ0n) is 14.8. The number of rotatable bonds is 4. The first-order valence-corrected chi connectivity index (χ1v) is 10.4. The molecule has 0 spiro atoms. The molecule has 28 heavy (non-hydrogen) atoms. The minimum Gasteiger partial charge on any atom is -0.235 e. The van der Waals surface area contributed by atoms with Crippen molar-refractivity contribution in [3.8, 4) is 28.5 Å². The minimum absolute atomic E-state index is 0.569. The number of benzene rings is 3. The molecule has 0 unspecified atom stereocenters. The van der Waals surface area contributed by atoms with Crippen molar-refractivity contribution in [1.82, 2.24) is 4.98 Å². The SMILES string of the molecule is N#C/C(=C/c1ccc(Br)cc1)c1nc(-c2ccc(-c3ccccc3)cc2)cs1. The molecule has 0 atom stereocenters. The lowest BCUT2D eigenvalue weighted by Gasteiger charge is -2.02. The van der Waals surface area contributed by atoms with Gasteiger partial charge in [-0.15, -0.1) is 11.3 Å². The molecule has 0 bridgehead atoms. The van der Waals surface area contributed by atoms with Crippen molar-refractivity contribution in [3.05, 3.63) is 99.3 Å². The maximum atomic E-state index is 9.58. The van der Waals surface area contributed by atoms with E-state index >= 15 is 0 Å². The van der Waals surface area contributed by atoms with Crippen molar-refractivity contribution in [2.45, 2.75) is 0 Å². The van der Waals surface area contributed by atoms with E-state index in [1.54, 1.807) is 0 Å². The average Bonchev–Trinajstić information content (AvgIpc) is 3.24. The Hall–Kier alpha value is -3.00. The second kappa shape index (κ2) is 8.35. The Morgan fingerprint density at radius 2 is 1.50 bits per heavy atom. The van der Waals surface area contributed by atoms with Crippen LogP contribution in [0.4, 0.5) is 0 Å². The van der Waals surface area contributed by atoms with Gasteiger partial charge in [0.05, 0.1) is 11.3 Å². The lowest BCUT2D eigenvalue weighted by molar-refractivity contribution is 1.37. The van der Waals surface area contributed by atoms with Crippen molar-refractivity contribution < 1.29 is 0 Å². The molecule has 0 amide bonds. The maximum absolute atomic E-state index is 9.58. The number of hydrogen-bond donors (Lipinski definition) is 0. The molecule has 0 N–H and O–H groups in total. The second-order valence-corrected chi connectivity index (χ2v) is 7.98. The molecule has 4 rings (SSSR count). The fourth-order valence-electron chi connectivity index (χ4n) is 2.86. The summed E-state index contributed by atoms with van der Waals surface area (Å²) in [6.07, 6.45) is 1.87. The van der Waals surface area contributed by atoms with Gasteiger partial charge in [0.25, 0.3) is 0 Å². The number of thiazole rings is 1. The predicted octanol–water partition coefficient (Wildman–Crippen LogP) is 7.30. The lowest BCUT2D eigenvalue weighted by Crippen LogP contribution is -1.84. The summed E-state index contributed by atoms with van der Waals surface area (Å²) >= 11 is 4.92. The van der Waals surface area contributed by atoms with Gasteiger partial charge in [-0.2, -0.15) is 5.26 Å². The molecule has 4 heteroatoms. The van der Waals surface area contributed by atoms with Gasteiger partial charge in [0.2, 0.25) is 0 Å². The molecule has 0 aliphatic rings. The standard InChI is InChI=1S/C24H15BrN2S/c25-22-12-6-17(7-13-22)14-21(15-26)24-27-23(16-28-24)20-10-8-19(9-11-20)18-4-2-1-3-5-18/h1-14,16H/b21-14-. The molecule has 0 saturated heterocycles. The van der Waals surface area contributed by atoms with Gasteiger partial charge in [0, 0.05) is 15.4 Å². The third-order valence-corrected chi connectivity index (χ3v) is 5.73. The summed E-state index contributed by atoms with van der Waals surface area (Å²) in [6, 6.07) is 28.8. The fraction of sp³-hybridized carbons (Fsp3) is 0. The van der Waals surface area contributed by atoms with Crippen LogP contribution in [0.1, 0.15) is 10.6 Å². The molecule has 2 nitrogen and oxygen atoms in total. The zero-order chi connectivity index (χ0) is 19.3. The van der Waals surface area contributed by atoms with Crippen molar-refractivity contribution in [2.24, 2.45) is 0 Å². The first-order chi connectivity index (χ1) is 13.7. The van der Waals surface area contributed by atoms with Crippen molar-refractivity contribution >= 4 is 38.9 Å². The quantitative estimate of drug-likeness (QED) is 0.310. The molecule has 0 saturated carbocycles. The Morgan fingerprint density at radius 1 is 0.857 bits per heavy atom. The molecule has 134 valence electrons. The minimum atomic E-state index is 0.569. The molecule has 0 aliphatic heterocycles. The topological polar surface area (TPSA) is 36.7 Å². The van der Waals surface area contributed by atoms with E-state index in [4.69, 9.17) is 0 Å². The first kappa shape index (κ1) is 18.4. The molecule has 1 aromatic heterocycles. The predicted molar refractivity (Wildman–Crippen MR) is 121 cm³/mol. The maximum Gasteiger partial charge on any atom is 0.134 e.